The van der Waals surface area contributed by atoms with Gasteiger partial charge in [-0.1, -0.05) is 19.6 Å². The summed E-state index contributed by atoms with van der Waals surface area (Å²) in [5.74, 6) is -0.380. The van der Waals surface area contributed by atoms with Gasteiger partial charge in [-0.05, 0) is 34.1 Å². The van der Waals surface area contributed by atoms with Crippen molar-refractivity contribution < 1.29 is 14.3 Å². The molecule has 0 saturated heterocycles. The third kappa shape index (κ3) is 4.18. The van der Waals surface area contributed by atoms with Gasteiger partial charge in [-0.15, -0.1) is 0 Å². The molecule has 0 radical (unpaired) electrons. The van der Waals surface area contributed by atoms with Crippen LogP contribution in [0.4, 0.5) is 0 Å². The van der Waals surface area contributed by atoms with Crippen LogP contribution in [0.1, 0.15) is 10.4 Å². The van der Waals surface area contributed by atoms with Crippen LogP contribution >= 0.6 is 15.9 Å². The fourth-order valence-electron chi connectivity index (χ4n) is 1.99. The number of fused-ring (bicyclic) bond motifs is 1. The van der Waals surface area contributed by atoms with Crippen LogP contribution in [-0.4, -0.2) is 37.3 Å². The molecule has 2 aromatic rings. The first-order chi connectivity index (χ1) is 10.3. The zero-order valence-electron chi connectivity index (χ0n) is 13.4. The molecule has 0 fully saturated rings. The van der Waals surface area contributed by atoms with Gasteiger partial charge in [0.1, 0.15) is 6.73 Å². The summed E-state index contributed by atoms with van der Waals surface area (Å²) in [5, 5.41) is 0. The Morgan fingerprint density at radius 2 is 2.09 bits per heavy atom. The predicted molar refractivity (Wildman–Crippen MR) is 92.9 cm³/mol. The number of halogens is 1. The summed E-state index contributed by atoms with van der Waals surface area (Å²) >= 11 is 3.41. The minimum atomic E-state index is -1.07. The van der Waals surface area contributed by atoms with E-state index in [0.29, 0.717) is 16.8 Å². The van der Waals surface area contributed by atoms with Gasteiger partial charge in [0.2, 0.25) is 0 Å². The zero-order chi connectivity index (χ0) is 16.3. The smallest absolute Gasteiger partial charge is 0.339 e. The van der Waals surface area contributed by atoms with Crippen molar-refractivity contribution >= 4 is 41.0 Å². The minimum Gasteiger partial charge on any atom is -0.465 e. The number of imidazole rings is 1. The number of aromatic nitrogens is 2. The monoisotopic (exact) mass is 384 g/mol. The SMILES string of the molecule is COC(=O)c1cc2ncn(COCC[Si](C)(C)C)c2cc1Br. The number of nitrogens with zero attached hydrogens (tertiary/aromatic N) is 2. The normalized spacial score (nSPS) is 11.9. The van der Waals surface area contributed by atoms with Crippen LogP contribution in [0.3, 0.4) is 0 Å². The Hall–Kier alpha value is -1.18. The van der Waals surface area contributed by atoms with Gasteiger partial charge >= 0.3 is 5.97 Å². The second-order valence-electron chi connectivity index (χ2n) is 6.37. The summed E-state index contributed by atoms with van der Waals surface area (Å²) in [5.41, 5.74) is 2.14. The lowest BCUT2D eigenvalue weighted by Crippen LogP contribution is -2.21. The van der Waals surface area contributed by atoms with Crippen LogP contribution in [0.2, 0.25) is 25.7 Å². The zero-order valence-corrected chi connectivity index (χ0v) is 15.9. The maximum Gasteiger partial charge on any atom is 0.339 e. The van der Waals surface area contributed by atoms with Gasteiger partial charge < -0.3 is 14.0 Å². The Labute approximate surface area is 139 Å². The first kappa shape index (κ1) is 17.2. The second-order valence-corrected chi connectivity index (χ2v) is 12.9. The fourth-order valence-corrected chi connectivity index (χ4v) is 3.24. The molecule has 1 heterocycles. The number of rotatable bonds is 6. The summed E-state index contributed by atoms with van der Waals surface area (Å²) in [6.07, 6.45) is 1.73. The fraction of sp³-hybridized carbons (Fsp3) is 0.467. The molecule has 22 heavy (non-hydrogen) atoms. The Balaban J connectivity index is 2.13. The largest absolute Gasteiger partial charge is 0.465 e. The van der Waals surface area contributed by atoms with E-state index in [1.54, 1.807) is 12.4 Å². The van der Waals surface area contributed by atoms with Crippen molar-refractivity contribution in [3.8, 4) is 0 Å². The number of carbonyl (C=O) groups excluding carboxylic acids is 1. The van der Waals surface area contributed by atoms with E-state index in [9.17, 15) is 4.79 Å². The Kier molecular flexibility index (Phi) is 5.41. The van der Waals surface area contributed by atoms with Crippen molar-refractivity contribution in [2.75, 3.05) is 13.7 Å². The van der Waals surface area contributed by atoms with Crippen LogP contribution in [0.5, 0.6) is 0 Å². The number of methoxy groups -OCH3 is 1. The molecule has 0 aliphatic rings. The lowest BCUT2D eigenvalue weighted by molar-refractivity contribution is 0.0600. The molecular formula is C15H21BrN2O3Si. The highest BCUT2D eigenvalue weighted by molar-refractivity contribution is 9.10. The van der Waals surface area contributed by atoms with Gasteiger partial charge in [-0.25, -0.2) is 9.78 Å². The molecule has 0 saturated carbocycles. The molecule has 0 spiro atoms. The van der Waals surface area contributed by atoms with E-state index in [0.717, 1.165) is 23.7 Å². The summed E-state index contributed by atoms with van der Waals surface area (Å²) < 4.78 is 13.1. The van der Waals surface area contributed by atoms with Crippen molar-refractivity contribution in [3.63, 3.8) is 0 Å². The van der Waals surface area contributed by atoms with E-state index < -0.39 is 8.07 Å². The highest BCUT2D eigenvalue weighted by atomic mass is 79.9. The quantitative estimate of drug-likeness (QED) is 0.430. The van der Waals surface area contributed by atoms with Crippen molar-refractivity contribution in [3.05, 3.63) is 28.5 Å². The second kappa shape index (κ2) is 6.93. The van der Waals surface area contributed by atoms with Gasteiger partial charge in [-0.3, -0.25) is 0 Å². The average Bonchev–Trinajstić information content (AvgIpc) is 2.83. The number of esters is 1. The highest BCUT2D eigenvalue weighted by Gasteiger charge is 2.15. The molecule has 0 amide bonds. The van der Waals surface area contributed by atoms with Gasteiger partial charge in [0, 0.05) is 19.2 Å². The lowest BCUT2D eigenvalue weighted by atomic mass is 10.2. The molecule has 5 nitrogen and oxygen atoms in total. The molecule has 120 valence electrons. The van der Waals surface area contributed by atoms with E-state index in [4.69, 9.17) is 9.47 Å². The molecule has 0 unspecified atom stereocenters. The van der Waals surface area contributed by atoms with Crippen LogP contribution in [-0.2, 0) is 16.2 Å². The molecule has 2 rings (SSSR count). The third-order valence-electron chi connectivity index (χ3n) is 3.34. The number of ether oxygens (including phenoxy) is 2. The van der Waals surface area contributed by atoms with Gasteiger partial charge in [-0.2, -0.15) is 0 Å². The molecule has 0 bridgehead atoms. The molecular weight excluding hydrogens is 364 g/mol. The number of carbonyl (C=O) groups is 1. The summed E-state index contributed by atoms with van der Waals surface area (Å²) in [4.78, 5) is 16.0. The minimum absolute atomic E-state index is 0.380. The maximum absolute atomic E-state index is 11.7. The molecule has 1 aromatic heterocycles. The van der Waals surface area contributed by atoms with Crippen LogP contribution < -0.4 is 0 Å². The van der Waals surface area contributed by atoms with E-state index in [1.165, 1.54) is 7.11 Å². The van der Waals surface area contributed by atoms with E-state index in [1.807, 2.05) is 10.6 Å². The van der Waals surface area contributed by atoms with Gasteiger partial charge in [0.15, 0.2) is 0 Å². The highest BCUT2D eigenvalue weighted by Crippen LogP contribution is 2.24. The first-order valence-corrected chi connectivity index (χ1v) is 11.6. The number of hydrogen-bond acceptors (Lipinski definition) is 4. The van der Waals surface area contributed by atoms with Gasteiger partial charge in [0.05, 0.1) is 30.0 Å². The molecule has 7 heteroatoms. The summed E-state index contributed by atoms with van der Waals surface area (Å²) in [6, 6.07) is 4.73. The summed E-state index contributed by atoms with van der Waals surface area (Å²) in [7, 11) is 0.290. The average molecular weight is 385 g/mol. The third-order valence-corrected chi connectivity index (χ3v) is 5.70. The Bertz CT molecular complexity index is 679. The van der Waals surface area contributed by atoms with Crippen LogP contribution in [0.25, 0.3) is 11.0 Å². The van der Waals surface area contributed by atoms with E-state index in [2.05, 4.69) is 40.6 Å². The Morgan fingerprint density at radius 1 is 1.36 bits per heavy atom. The van der Waals surface area contributed by atoms with Gasteiger partial charge in [0.25, 0.3) is 0 Å². The van der Waals surface area contributed by atoms with E-state index >= 15 is 0 Å². The van der Waals surface area contributed by atoms with Crippen molar-refractivity contribution in [1.82, 2.24) is 9.55 Å². The van der Waals surface area contributed by atoms with E-state index in [-0.39, 0.29) is 5.97 Å². The molecule has 1 aromatic carbocycles. The van der Waals surface area contributed by atoms with Crippen LogP contribution in [0.15, 0.2) is 22.9 Å². The maximum atomic E-state index is 11.7. The predicted octanol–water partition coefficient (Wildman–Crippen LogP) is 3.90. The molecule has 0 aliphatic carbocycles. The Morgan fingerprint density at radius 3 is 2.73 bits per heavy atom. The molecule has 0 aliphatic heterocycles. The summed E-state index contributed by atoms with van der Waals surface area (Å²) in [6.45, 7) is 8.21. The molecule has 0 N–H and O–H groups in total. The van der Waals surface area contributed by atoms with Crippen molar-refractivity contribution in [2.24, 2.45) is 0 Å². The lowest BCUT2D eigenvalue weighted by Gasteiger charge is -2.15. The topological polar surface area (TPSA) is 53.3 Å². The van der Waals surface area contributed by atoms with Crippen molar-refractivity contribution in [1.29, 1.82) is 0 Å². The number of hydrogen-bond donors (Lipinski definition) is 0. The standard InChI is InChI=1S/C15H21BrN2O3Si/c1-20-15(19)11-7-13-14(8-12(11)16)18(9-17-13)10-21-5-6-22(2,3)4/h7-9H,5-6,10H2,1-4H3. The van der Waals surface area contributed by atoms with Crippen molar-refractivity contribution in [2.45, 2.75) is 32.4 Å². The van der Waals surface area contributed by atoms with Crippen LogP contribution in [0, 0.1) is 0 Å². The first-order valence-electron chi connectivity index (χ1n) is 7.12. The number of benzene rings is 1. The molecule has 0 atom stereocenters.